The van der Waals surface area contributed by atoms with Crippen molar-refractivity contribution < 1.29 is 4.74 Å². The van der Waals surface area contributed by atoms with E-state index in [4.69, 9.17) is 10.5 Å². The minimum Gasteiger partial charge on any atom is -0.383 e. The second kappa shape index (κ2) is 4.54. The molecule has 0 aromatic carbocycles. The summed E-state index contributed by atoms with van der Waals surface area (Å²) < 4.78 is 5.90. The molecule has 1 heterocycles. The number of hydrogen-bond donors (Lipinski definition) is 1. The topological polar surface area (TPSA) is 48.1 Å². The molecule has 66 valence electrons. The SMILES string of the molecule is COC[C@@H](N)c1cc(Br)ccn1. The predicted molar refractivity (Wildman–Crippen MR) is 50.7 cm³/mol. The van der Waals surface area contributed by atoms with E-state index in [9.17, 15) is 0 Å². The van der Waals surface area contributed by atoms with E-state index in [2.05, 4.69) is 20.9 Å². The van der Waals surface area contributed by atoms with E-state index >= 15 is 0 Å². The van der Waals surface area contributed by atoms with Gasteiger partial charge in [0.2, 0.25) is 0 Å². The normalized spacial score (nSPS) is 12.9. The lowest BCUT2D eigenvalue weighted by Gasteiger charge is -2.09. The van der Waals surface area contributed by atoms with Crippen LogP contribution in [0.15, 0.2) is 22.8 Å². The van der Waals surface area contributed by atoms with Gasteiger partial charge in [0, 0.05) is 17.8 Å². The average Bonchev–Trinajstić information content (AvgIpc) is 2.05. The van der Waals surface area contributed by atoms with Crippen molar-refractivity contribution in [3.63, 3.8) is 0 Å². The molecule has 2 N–H and O–H groups in total. The van der Waals surface area contributed by atoms with Crippen molar-refractivity contribution in [1.29, 1.82) is 0 Å². The number of rotatable bonds is 3. The highest BCUT2D eigenvalue weighted by atomic mass is 79.9. The van der Waals surface area contributed by atoms with Gasteiger partial charge in [-0.25, -0.2) is 0 Å². The first-order valence-corrected chi connectivity index (χ1v) is 4.39. The van der Waals surface area contributed by atoms with Crippen LogP contribution in [0.4, 0.5) is 0 Å². The molecule has 0 aliphatic rings. The molecule has 12 heavy (non-hydrogen) atoms. The van der Waals surface area contributed by atoms with Crippen LogP contribution in [0.1, 0.15) is 11.7 Å². The largest absolute Gasteiger partial charge is 0.383 e. The molecule has 0 spiro atoms. The number of pyridine rings is 1. The van der Waals surface area contributed by atoms with Crippen LogP contribution in [0.5, 0.6) is 0 Å². The smallest absolute Gasteiger partial charge is 0.0708 e. The van der Waals surface area contributed by atoms with Crippen molar-refractivity contribution in [3.8, 4) is 0 Å². The standard InChI is InChI=1S/C8H11BrN2O/c1-12-5-7(10)8-4-6(9)2-3-11-8/h2-4,7H,5,10H2,1H3/t7-/m1/s1. The molecule has 0 saturated carbocycles. The molecule has 0 aliphatic heterocycles. The summed E-state index contributed by atoms with van der Waals surface area (Å²) in [4.78, 5) is 4.12. The van der Waals surface area contributed by atoms with Gasteiger partial charge in [-0.15, -0.1) is 0 Å². The summed E-state index contributed by atoms with van der Waals surface area (Å²) in [6.45, 7) is 0.490. The van der Waals surface area contributed by atoms with Gasteiger partial charge < -0.3 is 10.5 Å². The molecule has 0 amide bonds. The Morgan fingerprint density at radius 3 is 3.08 bits per heavy atom. The highest BCUT2D eigenvalue weighted by Crippen LogP contribution is 2.13. The quantitative estimate of drug-likeness (QED) is 0.857. The third-order valence-electron chi connectivity index (χ3n) is 1.47. The fraction of sp³-hybridized carbons (Fsp3) is 0.375. The zero-order valence-corrected chi connectivity index (χ0v) is 8.41. The van der Waals surface area contributed by atoms with Crippen LogP contribution >= 0.6 is 15.9 Å². The molecule has 0 radical (unpaired) electrons. The van der Waals surface area contributed by atoms with Crippen LogP contribution in [0.25, 0.3) is 0 Å². The van der Waals surface area contributed by atoms with E-state index in [1.165, 1.54) is 0 Å². The summed E-state index contributed by atoms with van der Waals surface area (Å²) in [6.07, 6.45) is 1.72. The maximum Gasteiger partial charge on any atom is 0.0708 e. The molecular weight excluding hydrogens is 220 g/mol. The van der Waals surface area contributed by atoms with E-state index in [1.807, 2.05) is 12.1 Å². The van der Waals surface area contributed by atoms with Crippen molar-refractivity contribution >= 4 is 15.9 Å². The van der Waals surface area contributed by atoms with Gasteiger partial charge in [-0.3, -0.25) is 4.98 Å². The Bertz CT molecular complexity index is 255. The van der Waals surface area contributed by atoms with Crippen LogP contribution in [-0.4, -0.2) is 18.7 Å². The number of nitrogens with two attached hydrogens (primary N) is 1. The third kappa shape index (κ3) is 2.55. The second-order valence-corrected chi connectivity index (χ2v) is 3.38. The average molecular weight is 231 g/mol. The summed E-state index contributed by atoms with van der Waals surface area (Å²) in [5.41, 5.74) is 6.61. The van der Waals surface area contributed by atoms with E-state index in [-0.39, 0.29) is 6.04 Å². The molecule has 1 rings (SSSR count). The molecule has 1 aromatic rings. The number of nitrogens with zero attached hydrogens (tertiary/aromatic N) is 1. The highest BCUT2D eigenvalue weighted by molar-refractivity contribution is 9.10. The van der Waals surface area contributed by atoms with Gasteiger partial charge in [0.1, 0.15) is 0 Å². The van der Waals surface area contributed by atoms with Crippen molar-refractivity contribution in [2.24, 2.45) is 5.73 Å². The Hall–Kier alpha value is -0.450. The number of halogens is 1. The minimum absolute atomic E-state index is 0.146. The number of ether oxygens (including phenoxy) is 1. The predicted octanol–water partition coefficient (Wildman–Crippen LogP) is 1.49. The Morgan fingerprint density at radius 2 is 2.50 bits per heavy atom. The van der Waals surface area contributed by atoms with Gasteiger partial charge in [0.15, 0.2) is 0 Å². The third-order valence-corrected chi connectivity index (χ3v) is 1.96. The summed E-state index contributed by atoms with van der Waals surface area (Å²) in [7, 11) is 1.62. The van der Waals surface area contributed by atoms with E-state index in [0.29, 0.717) is 6.61 Å². The summed E-state index contributed by atoms with van der Waals surface area (Å²) in [5.74, 6) is 0. The summed E-state index contributed by atoms with van der Waals surface area (Å²) >= 11 is 3.35. The zero-order valence-electron chi connectivity index (χ0n) is 6.83. The van der Waals surface area contributed by atoms with Crippen LogP contribution in [0, 0.1) is 0 Å². The van der Waals surface area contributed by atoms with Gasteiger partial charge in [0.25, 0.3) is 0 Å². The molecule has 0 unspecified atom stereocenters. The zero-order chi connectivity index (χ0) is 8.97. The van der Waals surface area contributed by atoms with Crippen LogP contribution in [0.3, 0.4) is 0 Å². The lowest BCUT2D eigenvalue weighted by atomic mass is 10.2. The van der Waals surface area contributed by atoms with Gasteiger partial charge in [-0.2, -0.15) is 0 Å². The molecule has 1 atom stereocenters. The first kappa shape index (κ1) is 9.64. The van der Waals surface area contributed by atoms with Crippen LogP contribution < -0.4 is 5.73 Å². The highest BCUT2D eigenvalue weighted by Gasteiger charge is 2.06. The monoisotopic (exact) mass is 230 g/mol. The van der Waals surface area contributed by atoms with Crippen molar-refractivity contribution in [3.05, 3.63) is 28.5 Å². The molecule has 0 saturated heterocycles. The molecule has 0 aliphatic carbocycles. The minimum atomic E-state index is -0.146. The summed E-state index contributed by atoms with van der Waals surface area (Å²) in [6, 6.07) is 3.61. The molecule has 3 nitrogen and oxygen atoms in total. The van der Waals surface area contributed by atoms with Crippen molar-refractivity contribution in [2.45, 2.75) is 6.04 Å². The van der Waals surface area contributed by atoms with E-state index in [1.54, 1.807) is 13.3 Å². The number of hydrogen-bond acceptors (Lipinski definition) is 3. The molecule has 0 fully saturated rings. The first-order chi connectivity index (χ1) is 5.74. The Balaban J connectivity index is 2.73. The van der Waals surface area contributed by atoms with Gasteiger partial charge in [-0.1, -0.05) is 15.9 Å². The molecule has 4 heteroatoms. The number of methoxy groups -OCH3 is 1. The maximum atomic E-state index is 5.77. The van der Waals surface area contributed by atoms with E-state index < -0.39 is 0 Å². The first-order valence-electron chi connectivity index (χ1n) is 3.60. The van der Waals surface area contributed by atoms with Crippen LogP contribution in [0.2, 0.25) is 0 Å². The maximum absolute atomic E-state index is 5.77. The van der Waals surface area contributed by atoms with Crippen LogP contribution in [-0.2, 0) is 4.74 Å². The van der Waals surface area contributed by atoms with E-state index in [0.717, 1.165) is 10.2 Å². The molecular formula is C8H11BrN2O. The van der Waals surface area contributed by atoms with Crippen molar-refractivity contribution in [1.82, 2.24) is 4.98 Å². The van der Waals surface area contributed by atoms with Gasteiger partial charge >= 0.3 is 0 Å². The fourth-order valence-electron chi connectivity index (χ4n) is 0.889. The lowest BCUT2D eigenvalue weighted by molar-refractivity contribution is 0.179. The van der Waals surface area contributed by atoms with Crippen molar-refractivity contribution in [2.75, 3.05) is 13.7 Å². The number of aromatic nitrogens is 1. The Kier molecular flexibility index (Phi) is 3.65. The molecule has 0 bridgehead atoms. The Labute approximate surface area is 80.1 Å². The molecule has 1 aromatic heterocycles. The fourth-order valence-corrected chi connectivity index (χ4v) is 1.24. The summed E-state index contributed by atoms with van der Waals surface area (Å²) in [5, 5.41) is 0. The lowest BCUT2D eigenvalue weighted by Crippen LogP contribution is -2.17. The second-order valence-electron chi connectivity index (χ2n) is 2.46. The Morgan fingerprint density at radius 1 is 1.75 bits per heavy atom. The van der Waals surface area contributed by atoms with Gasteiger partial charge in [-0.05, 0) is 12.1 Å². The van der Waals surface area contributed by atoms with Gasteiger partial charge in [0.05, 0.1) is 18.3 Å².